The molecule has 36 heavy (non-hydrogen) atoms. The van der Waals surface area contributed by atoms with E-state index in [4.69, 9.17) is 9.47 Å². The molecule has 1 saturated heterocycles. The standard InChI is InChI=1S/C27H33N5O4/c1-18-16-30-23(17-29-18)25(33)31-22-15-21(14-20-6-5-10-28-24(20)22)35-13-9-19-7-11-32(12-8-19)26(34)36-27(2,3)4/h5-6,10,14-17,19H,7-9,11-13H2,1-4H3,(H,31,33). The van der Waals surface area contributed by atoms with Crippen LogP contribution in [0.1, 0.15) is 56.2 Å². The van der Waals surface area contributed by atoms with Gasteiger partial charge in [0.2, 0.25) is 0 Å². The van der Waals surface area contributed by atoms with Gasteiger partial charge >= 0.3 is 6.09 Å². The summed E-state index contributed by atoms with van der Waals surface area (Å²) < 4.78 is 11.6. The molecule has 0 unspecified atom stereocenters. The molecule has 0 atom stereocenters. The van der Waals surface area contributed by atoms with E-state index in [2.05, 4.69) is 20.3 Å². The lowest BCUT2D eigenvalue weighted by Gasteiger charge is -2.33. The van der Waals surface area contributed by atoms with Crippen LogP contribution < -0.4 is 10.1 Å². The predicted octanol–water partition coefficient (Wildman–Crippen LogP) is 5.00. The number of nitrogens with zero attached hydrogens (tertiary/aromatic N) is 4. The predicted molar refractivity (Wildman–Crippen MR) is 137 cm³/mol. The fraction of sp³-hybridized carbons (Fsp3) is 0.444. The number of ether oxygens (including phenoxy) is 2. The number of aromatic nitrogens is 3. The van der Waals surface area contributed by atoms with Crippen molar-refractivity contribution in [3.05, 3.63) is 54.2 Å². The fourth-order valence-corrected chi connectivity index (χ4v) is 4.11. The number of hydrogen-bond acceptors (Lipinski definition) is 7. The Balaban J connectivity index is 1.35. The van der Waals surface area contributed by atoms with Gasteiger partial charge < -0.3 is 19.7 Å². The lowest BCUT2D eigenvalue weighted by molar-refractivity contribution is 0.0177. The summed E-state index contributed by atoms with van der Waals surface area (Å²) >= 11 is 0. The average molecular weight is 492 g/mol. The number of pyridine rings is 1. The molecule has 0 saturated carbocycles. The molecule has 4 rings (SSSR count). The third-order valence-corrected chi connectivity index (χ3v) is 6.00. The summed E-state index contributed by atoms with van der Waals surface area (Å²) in [5, 5.41) is 3.77. The Bertz CT molecular complexity index is 1220. The van der Waals surface area contributed by atoms with Crippen molar-refractivity contribution in [3.63, 3.8) is 0 Å². The quantitative estimate of drug-likeness (QED) is 0.517. The molecular formula is C27H33N5O4. The SMILES string of the molecule is Cc1cnc(C(=O)Nc2cc(OCCC3CCN(C(=O)OC(C)(C)C)CC3)cc3cccnc23)cn1. The highest BCUT2D eigenvalue weighted by Gasteiger charge is 2.26. The molecule has 1 aliphatic rings. The van der Waals surface area contributed by atoms with E-state index in [0.29, 0.717) is 42.6 Å². The number of rotatable bonds is 6. The molecule has 0 aliphatic carbocycles. The van der Waals surface area contributed by atoms with Crippen LogP contribution in [0.25, 0.3) is 10.9 Å². The first-order valence-electron chi connectivity index (χ1n) is 12.3. The molecule has 0 spiro atoms. The summed E-state index contributed by atoms with van der Waals surface area (Å²) in [5.74, 6) is 0.778. The molecule has 0 radical (unpaired) electrons. The molecule has 0 bridgehead atoms. The van der Waals surface area contributed by atoms with Gasteiger partial charge in [-0.2, -0.15) is 0 Å². The highest BCUT2D eigenvalue weighted by Crippen LogP contribution is 2.29. The first-order valence-corrected chi connectivity index (χ1v) is 12.3. The van der Waals surface area contributed by atoms with Crippen molar-refractivity contribution in [1.29, 1.82) is 0 Å². The van der Waals surface area contributed by atoms with Crippen molar-refractivity contribution in [1.82, 2.24) is 19.9 Å². The van der Waals surface area contributed by atoms with E-state index in [9.17, 15) is 9.59 Å². The van der Waals surface area contributed by atoms with E-state index >= 15 is 0 Å². The molecular weight excluding hydrogens is 458 g/mol. The maximum atomic E-state index is 12.7. The molecule has 1 N–H and O–H groups in total. The number of anilines is 1. The van der Waals surface area contributed by atoms with Gasteiger partial charge in [0.25, 0.3) is 5.91 Å². The number of likely N-dealkylation sites (tertiary alicyclic amines) is 1. The average Bonchev–Trinajstić information content (AvgIpc) is 2.84. The molecule has 1 fully saturated rings. The van der Waals surface area contributed by atoms with E-state index in [1.807, 2.05) is 45.9 Å². The molecule has 1 aromatic carbocycles. The smallest absolute Gasteiger partial charge is 0.410 e. The van der Waals surface area contributed by atoms with Crippen LogP contribution in [0.15, 0.2) is 42.9 Å². The van der Waals surface area contributed by atoms with Crippen molar-refractivity contribution in [2.24, 2.45) is 5.92 Å². The summed E-state index contributed by atoms with van der Waals surface area (Å²) in [5.41, 5.74) is 1.72. The molecule has 2 aromatic heterocycles. The van der Waals surface area contributed by atoms with Crippen LogP contribution in [-0.4, -0.2) is 57.1 Å². The minimum Gasteiger partial charge on any atom is -0.493 e. The topological polar surface area (TPSA) is 107 Å². The Morgan fingerprint density at radius 3 is 2.58 bits per heavy atom. The summed E-state index contributed by atoms with van der Waals surface area (Å²) in [7, 11) is 0. The maximum absolute atomic E-state index is 12.7. The van der Waals surface area contributed by atoms with Gasteiger partial charge in [-0.15, -0.1) is 0 Å². The Morgan fingerprint density at radius 2 is 1.89 bits per heavy atom. The first-order chi connectivity index (χ1) is 17.2. The van der Waals surface area contributed by atoms with Gasteiger partial charge in [0, 0.05) is 36.9 Å². The van der Waals surface area contributed by atoms with Crippen molar-refractivity contribution in [2.75, 3.05) is 25.0 Å². The van der Waals surface area contributed by atoms with Gasteiger partial charge in [0.15, 0.2) is 0 Å². The van der Waals surface area contributed by atoms with Crippen LogP contribution in [0.2, 0.25) is 0 Å². The van der Waals surface area contributed by atoms with Gasteiger partial charge in [-0.25, -0.2) is 9.78 Å². The van der Waals surface area contributed by atoms with Gasteiger partial charge in [-0.05, 0) is 65.0 Å². The zero-order valence-electron chi connectivity index (χ0n) is 21.3. The largest absolute Gasteiger partial charge is 0.493 e. The third kappa shape index (κ3) is 6.68. The molecule has 2 amide bonds. The van der Waals surface area contributed by atoms with Gasteiger partial charge in [-0.3, -0.25) is 14.8 Å². The lowest BCUT2D eigenvalue weighted by atomic mass is 9.94. The molecule has 3 aromatic rings. The van der Waals surface area contributed by atoms with Crippen LogP contribution in [0, 0.1) is 12.8 Å². The summed E-state index contributed by atoms with van der Waals surface area (Å²) in [6.07, 6.45) is 7.18. The summed E-state index contributed by atoms with van der Waals surface area (Å²) in [4.78, 5) is 39.5. The number of hydrogen-bond donors (Lipinski definition) is 1. The fourth-order valence-electron chi connectivity index (χ4n) is 4.11. The Hall–Kier alpha value is -3.75. The molecule has 3 heterocycles. The second-order valence-corrected chi connectivity index (χ2v) is 10.1. The zero-order chi connectivity index (χ0) is 25.7. The number of amides is 2. The lowest BCUT2D eigenvalue weighted by Crippen LogP contribution is -2.41. The van der Waals surface area contributed by atoms with Crippen LogP contribution in [-0.2, 0) is 4.74 Å². The van der Waals surface area contributed by atoms with Gasteiger partial charge in [0.1, 0.15) is 17.0 Å². The van der Waals surface area contributed by atoms with E-state index < -0.39 is 5.60 Å². The summed E-state index contributed by atoms with van der Waals surface area (Å²) in [6, 6.07) is 7.50. The van der Waals surface area contributed by atoms with E-state index in [1.54, 1.807) is 23.4 Å². The number of benzene rings is 1. The number of aryl methyl sites for hydroxylation is 1. The Morgan fingerprint density at radius 1 is 1.11 bits per heavy atom. The van der Waals surface area contributed by atoms with Crippen molar-refractivity contribution in [3.8, 4) is 5.75 Å². The molecule has 190 valence electrons. The highest BCUT2D eigenvalue weighted by atomic mass is 16.6. The highest BCUT2D eigenvalue weighted by molar-refractivity contribution is 6.07. The van der Waals surface area contributed by atoms with Crippen LogP contribution in [0.4, 0.5) is 10.5 Å². The third-order valence-electron chi connectivity index (χ3n) is 6.00. The normalized spacial score (nSPS) is 14.5. The number of piperidine rings is 1. The monoisotopic (exact) mass is 491 g/mol. The van der Waals surface area contributed by atoms with Crippen LogP contribution >= 0.6 is 0 Å². The van der Waals surface area contributed by atoms with Crippen LogP contribution in [0.3, 0.4) is 0 Å². The van der Waals surface area contributed by atoms with E-state index in [0.717, 1.165) is 30.3 Å². The van der Waals surface area contributed by atoms with Crippen molar-refractivity contribution in [2.45, 2.75) is 52.6 Å². The van der Waals surface area contributed by atoms with Gasteiger partial charge in [-0.1, -0.05) is 6.07 Å². The first kappa shape index (κ1) is 25.3. The van der Waals surface area contributed by atoms with E-state index in [-0.39, 0.29) is 17.7 Å². The number of fused-ring (bicyclic) bond motifs is 1. The van der Waals surface area contributed by atoms with Crippen molar-refractivity contribution >= 4 is 28.6 Å². The zero-order valence-corrected chi connectivity index (χ0v) is 21.3. The molecule has 9 nitrogen and oxygen atoms in total. The Labute approximate surface area is 211 Å². The number of nitrogens with one attached hydrogen (secondary N) is 1. The van der Waals surface area contributed by atoms with Crippen molar-refractivity contribution < 1.29 is 19.1 Å². The minimum atomic E-state index is -0.483. The maximum Gasteiger partial charge on any atom is 0.410 e. The second-order valence-electron chi connectivity index (χ2n) is 10.1. The molecule has 9 heteroatoms. The van der Waals surface area contributed by atoms with Crippen LogP contribution in [0.5, 0.6) is 5.75 Å². The Kier molecular flexibility index (Phi) is 7.67. The van der Waals surface area contributed by atoms with Gasteiger partial charge in [0.05, 0.1) is 29.7 Å². The minimum absolute atomic E-state index is 0.230. The number of carbonyl (C=O) groups is 2. The second kappa shape index (κ2) is 10.9. The number of carbonyl (C=O) groups excluding carboxylic acids is 2. The van der Waals surface area contributed by atoms with E-state index in [1.165, 1.54) is 6.20 Å². The molecule has 1 aliphatic heterocycles. The summed E-state index contributed by atoms with van der Waals surface area (Å²) in [6.45, 7) is 9.39.